The summed E-state index contributed by atoms with van der Waals surface area (Å²) < 4.78 is 6.31. The van der Waals surface area contributed by atoms with E-state index in [1.54, 1.807) is 17.0 Å². The van der Waals surface area contributed by atoms with Gasteiger partial charge in [0.05, 0.1) is 5.92 Å². The molecule has 0 saturated carbocycles. The first kappa shape index (κ1) is 16.7. The first-order valence-electron chi connectivity index (χ1n) is 7.79. The zero-order chi connectivity index (χ0) is 17.3. The molecular weight excluding hydrogens is 370 g/mol. The number of esters is 1. The summed E-state index contributed by atoms with van der Waals surface area (Å²) in [6.07, 6.45) is 0.183. The summed E-state index contributed by atoms with van der Waals surface area (Å²) in [6.45, 7) is 4.35. The van der Waals surface area contributed by atoms with E-state index in [1.165, 1.54) is 0 Å². The van der Waals surface area contributed by atoms with E-state index >= 15 is 0 Å². The van der Waals surface area contributed by atoms with Crippen molar-refractivity contribution in [3.8, 4) is 5.75 Å². The Bertz CT molecular complexity index is 786. The van der Waals surface area contributed by atoms with Gasteiger partial charge in [0.2, 0.25) is 5.91 Å². The molecule has 0 N–H and O–H groups in total. The molecule has 1 aliphatic rings. The molecule has 2 aromatic rings. The Morgan fingerprint density at radius 3 is 2.54 bits per heavy atom. The lowest BCUT2D eigenvalue weighted by Crippen LogP contribution is -2.27. The zero-order valence-electron chi connectivity index (χ0n) is 13.6. The molecule has 3 rings (SSSR count). The number of halogens is 1. The number of anilines is 1. The first-order chi connectivity index (χ1) is 11.4. The molecular formula is C19H18BrNO3. The van der Waals surface area contributed by atoms with Crippen molar-refractivity contribution in [3.05, 3.63) is 58.1 Å². The van der Waals surface area contributed by atoms with Crippen molar-refractivity contribution < 1.29 is 14.3 Å². The summed E-state index contributed by atoms with van der Waals surface area (Å²) in [4.78, 5) is 26.4. The Morgan fingerprint density at radius 2 is 1.88 bits per heavy atom. The molecule has 4 nitrogen and oxygen atoms in total. The van der Waals surface area contributed by atoms with Gasteiger partial charge in [0.25, 0.3) is 0 Å². The molecule has 0 aliphatic carbocycles. The van der Waals surface area contributed by atoms with Gasteiger partial charge in [-0.05, 0) is 49.7 Å². The van der Waals surface area contributed by atoms with Gasteiger partial charge >= 0.3 is 5.97 Å². The average molecular weight is 388 g/mol. The van der Waals surface area contributed by atoms with Crippen LogP contribution in [-0.4, -0.2) is 18.4 Å². The first-order valence-corrected chi connectivity index (χ1v) is 8.58. The molecule has 24 heavy (non-hydrogen) atoms. The Kier molecular flexibility index (Phi) is 4.71. The summed E-state index contributed by atoms with van der Waals surface area (Å²) >= 11 is 3.34. The quantitative estimate of drug-likeness (QED) is 0.589. The van der Waals surface area contributed by atoms with E-state index in [9.17, 15) is 9.59 Å². The van der Waals surface area contributed by atoms with Crippen molar-refractivity contribution in [2.24, 2.45) is 5.92 Å². The van der Waals surface area contributed by atoms with Gasteiger partial charge in [-0.1, -0.05) is 33.6 Å². The molecule has 0 aromatic heterocycles. The van der Waals surface area contributed by atoms with Gasteiger partial charge in [-0.25, -0.2) is 0 Å². The fourth-order valence-corrected chi connectivity index (χ4v) is 3.17. The maximum Gasteiger partial charge on any atom is 0.316 e. The van der Waals surface area contributed by atoms with Crippen LogP contribution >= 0.6 is 15.9 Å². The van der Waals surface area contributed by atoms with Gasteiger partial charge < -0.3 is 9.64 Å². The minimum absolute atomic E-state index is 0.0419. The molecule has 124 valence electrons. The highest BCUT2D eigenvalue weighted by Gasteiger charge is 2.36. The molecule has 1 heterocycles. The zero-order valence-corrected chi connectivity index (χ0v) is 15.2. The number of rotatable bonds is 3. The number of hydrogen-bond donors (Lipinski definition) is 0. The van der Waals surface area contributed by atoms with Crippen LogP contribution in [0.4, 0.5) is 5.69 Å². The lowest BCUT2D eigenvalue weighted by Gasteiger charge is -2.19. The third-order valence-electron chi connectivity index (χ3n) is 4.13. The van der Waals surface area contributed by atoms with E-state index in [2.05, 4.69) is 15.9 Å². The normalized spacial score (nSPS) is 17.2. The number of carbonyl (C=O) groups is 2. The summed E-state index contributed by atoms with van der Waals surface area (Å²) in [5.41, 5.74) is 3.05. The number of benzene rings is 2. The summed E-state index contributed by atoms with van der Waals surface area (Å²) in [6, 6.07) is 13.0. The fourth-order valence-electron chi connectivity index (χ4n) is 2.91. The predicted molar refractivity (Wildman–Crippen MR) is 96.2 cm³/mol. The predicted octanol–water partition coefficient (Wildman–Crippen LogP) is 4.02. The number of nitrogens with zero attached hydrogens (tertiary/aromatic N) is 1. The van der Waals surface area contributed by atoms with Gasteiger partial charge in [-0.3, -0.25) is 9.59 Å². The third-order valence-corrected chi connectivity index (χ3v) is 4.66. The standard InChI is InChI=1S/C19H18BrNO3/c1-12-3-8-17(13(2)9-12)21-11-14(10-18(21)22)19(23)24-16-6-4-15(20)5-7-16/h3-9,14H,10-11H2,1-2H3. The van der Waals surface area contributed by atoms with Crippen LogP contribution in [0.1, 0.15) is 17.5 Å². The molecule has 1 aliphatic heterocycles. The smallest absolute Gasteiger partial charge is 0.316 e. The second-order valence-corrected chi connectivity index (χ2v) is 6.99. The fraction of sp³-hybridized carbons (Fsp3) is 0.263. The Hall–Kier alpha value is -2.14. The molecule has 0 radical (unpaired) electrons. The molecule has 1 atom stereocenters. The van der Waals surface area contributed by atoms with Crippen LogP contribution < -0.4 is 9.64 Å². The van der Waals surface area contributed by atoms with E-state index in [0.717, 1.165) is 21.3 Å². The van der Waals surface area contributed by atoms with E-state index in [-0.39, 0.29) is 18.3 Å². The number of ether oxygens (including phenoxy) is 1. The highest BCUT2D eigenvalue weighted by molar-refractivity contribution is 9.10. The van der Waals surface area contributed by atoms with Crippen molar-refractivity contribution in [2.75, 3.05) is 11.4 Å². The monoisotopic (exact) mass is 387 g/mol. The molecule has 1 unspecified atom stereocenters. The maximum atomic E-state index is 12.3. The van der Waals surface area contributed by atoms with Crippen LogP contribution in [0.2, 0.25) is 0 Å². The van der Waals surface area contributed by atoms with Gasteiger partial charge in [-0.15, -0.1) is 0 Å². The number of aryl methyl sites for hydroxylation is 2. The minimum Gasteiger partial charge on any atom is -0.426 e. The SMILES string of the molecule is Cc1ccc(N2CC(C(=O)Oc3ccc(Br)cc3)CC2=O)c(C)c1. The van der Waals surface area contributed by atoms with Crippen LogP contribution in [0.5, 0.6) is 5.75 Å². The third kappa shape index (κ3) is 3.51. The van der Waals surface area contributed by atoms with E-state index in [4.69, 9.17) is 4.74 Å². The van der Waals surface area contributed by atoms with Crippen molar-refractivity contribution in [2.45, 2.75) is 20.3 Å². The van der Waals surface area contributed by atoms with Crippen molar-refractivity contribution >= 4 is 33.5 Å². The van der Waals surface area contributed by atoms with Crippen LogP contribution in [0, 0.1) is 19.8 Å². The van der Waals surface area contributed by atoms with Gasteiger partial charge in [0, 0.05) is 23.1 Å². The van der Waals surface area contributed by atoms with Crippen molar-refractivity contribution in [1.29, 1.82) is 0 Å². The second kappa shape index (κ2) is 6.77. The van der Waals surface area contributed by atoms with E-state index < -0.39 is 5.92 Å². The summed E-state index contributed by atoms with van der Waals surface area (Å²) in [5.74, 6) is -0.361. The Labute approximate surface area is 149 Å². The van der Waals surface area contributed by atoms with Crippen LogP contribution in [0.15, 0.2) is 46.9 Å². The number of amides is 1. The summed E-state index contributed by atoms with van der Waals surface area (Å²) in [7, 11) is 0. The average Bonchev–Trinajstić information content (AvgIpc) is 2.91. The molecule has 1 fully saturated rings. The maximum absolute atomic E-state index is 12.3. The van der Waals surface area contributed by atoms with Crippen LogP contribution in [0.25, 0.3) is 0 Å². The molecule has 5 heteroatoms. The lowest BCUT2D eigenvalue weighted by molar-refractivity contribution is -0.139. The number of hydrogen-bond acceptors (Lipinski definition) is 3. The number of carbonyl (C=O) groups excluding carboxylic acids is 2. The van der Waals surface area contributed by atoms with E-state index in [1.807, 2.05) is 44.2 Å². The minimum atomic E-state index is -0.443. The lowest BCUT2D eigenvalue weighted by atomic mass is 10.1. The highest BCUT2D eigenvalue weighted by atomic mass is 79.9. The van der Waals surface area contributed by atoms with Crippen molar-refractivity contribution in [3.63, 3.8) is 0 Å². The van der Waals surface area contributed by atoms with Crippen LogP contribution in [0.3, 0.4) is 0 Å². The van der Waals surface area contributed by atoms with Crippen molar-refractivity contribution in [1.82, 2.24) is 0 Å². The van der Waals surface area contributed by atoms with Gasteiger partial charge in [-0.2, -0.15) is 0 Å². The molecule has 1 saturated heterocycles. The summed E-state index contributed by atoms with van der Waals surface area (Å²) in [5, 5.41) is 0. The molecule has 0 spiro atoms. The Balaban J connectivity index is 1.72. The second-order valence-electron chi connectivity index (χ2n) is 6.07. The highest BCUT2D eigenvalue weighted by Crippen LogP contribution is 2.29. The molecule has 2 aromatic carbocycles. The van der Waals surface area contributed by atoms with Gasteiger partial charge in [0.15, 0.2) is 0 Å². The largest absolute Gasteiger partial charge is 0.426 e. The molecule has 0 bridgehead atoms. The van der Waals surface area contributed by atoms with Gasteiger partial charge in [0.1, 0.15) is 5.75 Å². The topological polar surface area (TPSA) is 46.6 Å². The Morgan fingerprint density at radius 1 is 1.17 bits per heavy atom. The van der Waals surface area contributed by atoms with Crippen LogP contribution in [-0.2, 0) is 9.59 Å². The van der Waals surface area contributed by atoms with E-state index in [0.29, 0.717) is 12.3 Å². The molecule has 1 amide bonds.